The number of ether oxygens (including phenoxy) is 1. The zero-order valence-corrected chi connectivity index (χ0v) is 9.41. The molecule has 0 spiro atoms. The van der Waals surface area contributed by atoms with Crippen LogP contribution in [0.2, 0.25) is 0 Å². The van der Waals surface area contributed by atoms with Gasteiger partial charge in [0.2, 0.25) is 0 Å². The van der Waals surface area contributed by atoms with Crippen LogP contribution < -0.4 is 4.74 Å². The van der Waals surface area contributed by atoms with Gasteiger partial charge in [0, 0.05) is 0 Å². The maximum absolute atomic E-state index is 11.3. The fourth-order valence-electron chi connectivity index (χ4n) is 1.27. The third-order valence-corrected chi connectivity index (χ3v) is 2.09. The van der Waals surface area contributed by atoms with Crippen molar-refractivity contribution >= 4 is 5.78 Å². The van der Waals surface area contributed by atoms with E-state index >= 15 is 0 Å². The van der Waals surface area contributed by atoms with E-state index in [9.17, 15) is 4.79 Å². The summed E-state index contributed by atoms with van der Waals surface area (Å²) in [6.45, 7) is 5.96. The monoisotopic (exact) mass is 204 g/mol. The average molecular weight is 204 g/mol. The van der Waals surface area contributed by atoms with Crippen LogP contribution in [-0.4, -0.2) is 12.4 Å². The summed E-state index contributed by atoms with van der Waals surface area (Å²) >= 11 is 0. The normalized spacial score (nSPS) is 10.6. The van der Waals surface area contributed by atoms with Gasteiger partial charge in [-0.3, -0.25) is 4.79 Å². The molecule has 0 fully saturated rings. The lowest BCUT2D eigenvalue weighted by Crippen LogP contribution is -2.01. The van der Waals surface area contributed by atoms with E-state index in [2.05, 4.69) is 0 Å². The van der Waals surface area contributed by atoms with Gasteiger partial charge in [-0.2, -0.15) is 0 Å². The smallest absolute Gasteiger partial charge is 0.163 e. The summed E-state index contributed by atoms with van der Waals surface area (Å²) in [7, 11) is 0. The summed E-state index contributed by atoms with van der Waals surface area (Å²) in [4.78, 5) is 11.3. The summed E-state index contributed by atoms with van der Waals surface area (Å²) in [5, 5.41) is 0. The molecule has 1 aromatic carbocycles. The molecule has 2 nitrogen and oxygen atoms in total. The highest BCUT2D eigenvalue weighted by atomic mass is 16.5. The van der Waals surface area contributed by atoms with Crippen molar-refractivity contribution in [1.29, 1.82) is 0 Å². The summed E-state index contributed by atoms with van der Waals surface area (Å²) in [5.74, 6) is 0.700. The highest BCUT2D eigenvalue weighted by molar-refractivity contribution is 5.96. The molecule has 0 aliphatic heterocycles. The Hall–Kier alpha value is -1.57. The predicted octanol–water partition coefficient (Wildman–Crippen LogP) is 3.15. The molecule has 0 atom stereocenters. The van der Waals surface area contributed by atoms with E-state index < -0.39 is 0 Å². The predicted molar refractivity (Wildman–Crippen MR) is 61.5 cm³/mol. The van der Waals surface area contributed by atoms with Crippen LogP contribution >= 0.6 is 0 Å². The van der Waals surface area contributed by atoms with Gasteiger partial charge in [-0.25, -0.2) is 0 Å². The molecule has 2 heteroatoms. The van der Waals surface area contributed by atoms with E-state index in [0.29, 0.717) is 17.9 Å². The average Bonchev–Trinajstić information content (AvgIpc) is 2.18. The van der Waals surface area contributed by atoms with Gasteiger partial charge in [-0.1, -0.05) is 18.2 Å². The highest BCUT2D eigenvalue weighted by Crippen LogP contribution is 2.20. The standard InChI is InChI=1S/C13H16O2/c1-4-5-8-15-13-9-10(2)6-7-12(13)11(3)14/h4-7,9H,8H2,1-3H3. The molecule has 80 valence electrons. The number of benzene rings is 1. The number of hydrogen-bond donors (Lipinski definition) is 0. The van der Waals surface area contributed by atoms with Crippen molar-refractivity contribution in [1.82, 2.24) is 0 Å². The van der Waals surface area contributed by atoms with Crippen LogP contribution in [0.4, 0.5) is 0 Å². The van der Waals surface area contributed by atoms with Crippen molar-refractivity contribution in [3.8, 4) is 5.75 Å². The van der Waals surface area contributed by atoms with Gasteiger partial charge >= 0.3 is 0 Å². The van der Waals surface area contributed by atoms with Gasteiger partial charge in [0.1, 0.15) is 12.4 Å². The van der Waals surface area contributed by atoms with Crippen LogP contribution in [0.5, 0.6) is 5.75 Å². The second-order valence-corrected chi connectivity index (χ2v) is 3.44. The van der Waals surface area contributed by atoms with Crippen molar-refractivity contribution in [2.24, 2.45) is 0 Å². The lowest BCUT2D eigenvalue weighted by molar-refractivity contribution is 0.101. The molecule has 0 aromatic heterocycles. The molecular weight excluding hydrogens is 188 g/mol. The lowest BCUT2D eigenvalue weighted by Gasteiger charge is -2.08. The molecule has 0 saturated carbocycles. The molecule has 0 aliphatic rings. The van der Waals surface area contributed by atoms with E-state index in [1.165, 1.54) is 0 Å². The SMILES string of the molecule is CC=CCOc1cc(C)ccc1C(C)=O. The van der Waals surface area contributed by atoms with E-state index in [1.807, 2.05) is 44.2 Å². The van der Waals surface area contributed by atoms with Gasteiger partial charge in [-0.15, -0.1) is 0 Å². The third kappa shape index (κ3) is 3.24. The first-order valence-corrected chi connectivity index (χ1v) is 5.00. The molecule has 0 unspecified atom stereocenters. The quantitative estimate of drug-likeness (QED) is 0.556. The lowest BCUT2D eigenvalue weighted by atomic mass is 10.1. The van der Waals surface area contributed by atoms with Crippen molar-refractivity contribution in [3.63, 3.8) is 0 Å². The maximum Gasteiger partial charge on any atom is 0.163 e. The second kappa shape index (κ2) is 5.35. The minimum absolute atomic E-state index is 0.0329. The first-order chi connectivity index (χ1) is 7.15. The summed E-state index contributed by atoms with van der Waals surface area (Å²) < 4.78 is 5.51. The van der Waals surface area contributed by atoms with Gasteiger partial charge in [0.05, 0.1) is 5.56 Å². The first kappa shape index (κ1) is 11.5. The van der Waals surface area contributed by atoms with Gasteiger partial charge < -0.3 is 4.74 Å². The molecule has 0 N–H and O–H groups in total. The number of aryl methyl sites for hydroxylation is 1. The summed E-state index contributed by atoms with van der Waals surface area (Å²) in [6, 6.07) is 5.61. The van der Waals surface area contributed by atoms with Gasteiger partial charge in [0.25, 0.3) is 0 Å². The summed E-state index contributed by atoms with van der Waals surface area (Å²) in [5.41, 5.74) is 1.74. The van der Waals surface area contributed by atoms with Crippen LogP contribution in [0.15, 0.2) is 30.4 Å². The Kier molecular flexibility index (Phi) is 4.10. The number of carbonyl (C=O) groups excluding carboxylic acids is 1. The first-order valence-electron chi connectivity index (χ1n) is 5.00. The number of allylic oxidation sites excluding steroid dienone is 1. The largest absolute Gasteiger partial charge is 0.489 e. The van der Waals surface area contributed by atoms with Crippen LogP contribution in [0.1, 0.15) is 29.8 Å². The number of hydrogen-bond acceptors (Lipinski definition) is 2. The Morgan fingerprint density at radius 1 is 1.47 bits per heavy atom. The van der Waals surface area contributed by atoms with E-state index in [-0.39, 0.29) is 5.78 Å². The minimum Gasteiger partial charge on any atom is -0.489 e. The number of ketones is 1. The Labute approximate surface area is 90.6 Å². The molecule has 15 heavy (non-hydrogen) atoms. The molecule has 0 bridgehead atoms. The Morgan fingerprint density at radius 3 is 2.80 bits per heavy atom. The van der Waals surface area contributed by atoms with Crippen LogP contribution in [0, 0.1) is 6.92 Å². The van der Waals surface area contributed by atoms with Crippen molar-refractivity contribution in [2.75, 3.05) is 6.61 Å². The topological polar surface area (TPSA) is 26.3 Å². The van der Waals surface area contributed by atoms with Crippen LogP contribution in [0.3, 0.4) is 0 Å². The molecule has 1 aromatic rings. The van der Waals surface area contributed by atoms with Crippen molar-refractivity contribution < 1.29 is 9.53 Å². The zero-order valence-electron chi connectivity index (χ0n) is 9.41. The van der Waals surface area contributed by atoms with Crippen LogP contribution in [-0.2, 0) is 0 Å². The van der Waals surface area contributed by atoms with Gasteiger partial charge in [0.15, 0.2) is 5.78 Å². The van der Waals surface area contributed by atoms with Crippen molar-refractivity contribution in [3.05, 3.63) is 41.5 Å². The highest BCUT2D eigenvalue weighted by Gasteiger charge is 2.07. The maximum atomic E-state index is 11.3. The molecular formula is C13H16O2. The van der Waals surface area contributed by atoms with Gasteiger partial charge in [-0.05, 0) is 38.5 Å². The van der Waals surface area contributed by atoms with Crippen LogP contribution in [0.25, 0.3) is 0 Å². The van der Waals surface area contributed by atoms with E-state index in [4.69, 9.17) is 4.74 Å². The Balaban J connectivity index is 2.91. The molecule has 0 heterocycles. The second-order valence-electron chi connectivity index (χ2n) is 3.44. The number of Topliss-reactive ketones (excluding diaryl/α,β-unsaturated/α-hetero) is 1. The molecule has 1 rings (SSSR count). The fourth-order valence-corrected chi connectivity index (χ4v) is 1.27. The molecule has 0 radical (unpaired) electrons. The fraction of sp³-hybridized carbons (Fsp3) is 0.308. The number of rotatable bonds is 4. The number of carbonyl (C=O) groups is 1. The Morgan fingerprint density at radius 2 is 2.20 bits per heavy atom. The Bertz CT molecular complexity index is 378. The summed E-state index contributed by atoms with van der Waals surface area (Å²) in [6.07, 6.45) is 3.83. The third-order valence-electron chi connectivity index (χ3n) is 2.09. The minimum atomic E-state index is 0.0329. The molecule has 0 aliphatic carbocycles. The molecule has 0 amide bonds. The van der Waals surface area contributed by atoms with Crippen molar-refractivity contribution in [2.45, 2.75) is 20.8 Å². The van der Waals surface area contributed by atoms with E-state index in [0.717, 1.165) is 5.56 Å². The molecule has 0 saturated heterocycles. The van der Waals surface area contributed by atoms with E-state index in [1.54, 1.807) is 6.92 Å². The zero-order chi connectivity index (χ0) is 11.3.